The van der Waals surface area contributed by atoms with E-state index in [1.54, 1.807) is 6.07 Å². The Labute approximate surface area is 143 Å². The van der Waals surface area contributed by atoms with Crippen LogP contribution in [0.5, 0.6) is 0 Å². The highest BCUT2D eigenvalue weighted by Crippen LogP contribution is 2.10. The predicted octanol–water partition coefficient (Wildman–Crippen LogP) is 3.09. The lowest BCUT2D eigenvalue weighted by atomic mass is 10.1. The monoisotopic (exact) mass is 336 g/mol. The number of aromatic nitrogens is 1. The molecule has 7 nitrogen and oxygen atoms in total. The van der Waals surface area contributed by atoms with E-state index in [0.717, 1.165) is 19.3 Å². The fourth-order valence-electron chi connectivity index (χ4n) is 2.23. The molecule has 0 spiro atoms. The molecule has 24 heavy (non-hydrogen) atoms. The number of carbonyl (C=O) groups excluding carboxylic acids is 2. The van der Waals surface area contributed by atoms with Crippen molar-refractivity contribution in [1.29, 1.82) is 0 Å². The van der Waals surface area contributed by atoms with Crippen LogP contribution < -0.4 is 16.7 Å². The van der Waals surface area contributed by atoms with Gasteiger partial charge in [0, 0.05) is 12.6 Å². The van der Waals surface area contributed by atoms with Gasteiger partial charge in [-0.2, -0.15) is 5.48 Å². The average molecular weight is 336 g/mol. The Bertz CT molecular complexity index is 491. The SMILES string of the molecule is CCCCCCCCCCC(=O)ONC(=O)c1ccc(NN)nc1. The molecule has 1 heterocycles. The van der Waals surface area contributed by atoms with Crippen molar-refractivity contribution in [2.45, 2.75) is 64.7 Å². The molecule has 1 amide bonds. The molecule has 0 aliphatic carbocycles. The normalized spacial score (nSPS) is 10.2. The molecule has 0 saturated heterocycles. The van der Waals surface area contributed by atoms with E-state index in [9.17, 15) is 9.59 Å². The largest absolute Gasteiger partial charge is 0.341 e. The third kappa shape index (κ3) is 8.47. The zero-order valence-electron chi connectivity index (χ0n) is 14.3. The quantitative estimate of drug-likeness (QED) is 0.326. The van der Waals surface area contributed by atoms with Gasteiger partial charge < -0.3 is 10.3 Å². The number of nitrogen functional groups attached to an aromatic ring is 1. The number of unbranched alkanes of at least 4 members (excludes halogenated alkanes) is 7. The third-order valence-corrected chi connectivity index (χ3v) is 3.67. The maximum Gasteiger partial charge on any atom is 0.332 e. The van der Waals surface area contributed by atoms with Gasteiger partial charge in [0.2, 0.25) is 0 Å². The minimum atomic E-state index is -0.518. The smallest absolute Gasteiger partial charge is 0.332 e. The van der Waals surface area contributed by atoms with E-state index in [1.807, 2.05) is 0 Å². The van der Waals surface area contributed by atoms with E-state index < -0.39 is 11.9 Å². The number of hydrogen-bond donors (Lipinski definition) is 3. The van der Waals surface area contributed by atoms with Crippen LogP contribution in [-0.2, 0) is 9.63 Å². The van der Waals surface area contributed by atoms with Crippen molar-refractivity contribution in [2.24, 2.45) is 5.84 Å². The highest BCUT2D eigenvalue weighted by molar-refractivity contribution is 5.94. The second-order valence-corrected chi connectivity index (χ2v) is 5.71. The van der Waals surface area contributed by atoms with Gasteiger partial charge in [-0.25, -0.2) is 15.6 Å². The molecule has 1 rings (SSSR count). The van der Waals surface area contributed by atoms with Crippen LogP contribution in [-0.4, -0.2) is 16.9 Å². The zero-order chi connectivity index (χ0) is 17.6. The molecule has 134 valence electrons. The fourth-order valence-corrected chi connectivity index (χ4v) is 2.23. The summed E-state index contributed by atoms with van der Waals surface area (Å²) in [6.07, 6.45) is 10.9. The molecule has 0 aromatic carbocycles. The first-order valence-corrected chi connectivity index (χ1v) is 8.60. The van der Waals surface area contributed by atoms with E-state index in [4.69, 9.17) is 10.7 Å². The van der Waals surface area contributed by atoms with Crippen LogP contribution in [0.4, 0.5) is 5.82 Å². The van der Waals surface area contributed by atoms with Gasteiger partial charge >= 0.3 is 5.97 Å². The summed E-state index contributed by atoms with van der Waals surface area (Å²) < 4.78 is 0. The number of nitrogens with two attached hydrogens (primary N) is 1. The number of pyridine rings is 1. The van der Waals surface area contributed by atoms with Crippen molar-refractivity contribution in [3.8, 4) is 0 Å². The molecule has 1 aromatic heterocycles. The Hall–Kier alpha value is -2.15. The lowest BCUT2D eigenvalue weighted by molar-refractivity contribution is -0.149. The molecule has 0 radical (unpaired) electrons. The first-order valence-electron chi connectivity index (χ1n) is 8.60. The average Bonchev–Trinajstić information content (AvgIpc) is 2.62. The van der Waals surface area contributed by atoms with Crippen LogP contribution >= 0.6 is 0 Å². The van der Waals surface area contributed by atoms with Crippen LogP contribution in [0.1, 0.15) is 75.1 Å². The third-order valence-electron chi connectivity index (χ3n) is 3.67. The standard InChI is InChI=1S/C17H28N4O3/c1-2-3-4-5-6-7-8-9-10-16(22)24-21-17(23)14-11-12-15(20-18)19-13-14/h11-13H,2-10,18H2,1H3,(H,19,20)(H,21,23). The van der Waals surface area contributed by atoms with Crippen LogP contribution in [0.3, 0.4) is 0 Å². The van der Waals surface area contributed by atoms with Gasteiger partial charge in [0.1, 0.15) is 5.82 Å². The minimum absolute atomic E-state index is 0.286. The topological polar surface area (TPSA) is 106 Å². The molecule has 7 heteroatoms. The molecule has 0 saturated carbocycles. The Kier molecular flexibility index (Phi) is 10.2. The number of hydroxylamine groups is 1. The molecule has 0 atom stereocenters. The number of amides is 1. The number of carbonyl (C=O) groups is 2. The van der Waals surface area contributed by atoms with Crippen LogP contribution in [0.25, 0.3) is 0 Å². The summed E-state index contributed by atoms with van der Waals surface area (Å²) in [5, 5.41) is 0. The van der Waals surface area contributed by atoms with Crippen molar-refractivity contribution >= 4 is 17.7 Å². The number of hydrogen-bond acceptors (Lipinski definition) is 6. The number of hydrazine groups is 1. The predicted molar refractivity (Wildman–Crippen MR) is 92.8 cm³/mol. The van der Waals surface area contributed by atoms with Crippen molar-refractivity contribution in [2.75, 3.05) is 5.43 Å². The van der Waals surface area contributed by atoms with Crippen molar-refractivity contribution in [1.82, 2.24) is 10.5 Å². The minimum Gasteiger partial charge on any atom is -0.341 e. The van der Waals surface area contributed by atoms with Crippen molar-refractivity contribution in [3.05, 3.63) is 23.9 Å². The number of anilines is 1. The molecular weight excluding hydrogens is 308 g/mol. The van der Waals surface area contributed by atoms with Crippen molar-refractivity contribution < 1.29 is 14.4 Å². The summed E-state index contributed by atoms with van der Waals surface area (Å²) in [5.41, 5.74) is 4.78. The summed E-state index contributed by atoms with van der Waals surface area (Å²) >= 11 is 0. The Morgan fingerprint density at radius 1 is 1.08 bits per heavy atom. The number of nitrogens with zero attached hydrogens (tertiary/aromatic N) is 1. The molecule has 0 aliphatic heterocycles. The maximum atomic E-state index is 11.8. The lowest BCUT2D eigenvalue weighted by Gasteiger charge is -2.06. The van der Waals surface area contributed by atoms with Crippen LogP contribution in [0, 0.1) is 0 Å². The fraction of sp³-hybridized carbons (Fsp3) is 0.588. The van der Waals surface area contributed by atoms with Gasteiger partial charge in [0.05, 0.1) is 5.56 Å². The summed E-state index contributed by atoms with van der Waals surface area (Å²) in [5.74, 6) is 4.69. The summed E-state index contributed by atoms with van der Waals surface area (Å²) in [7, 11) is 0. The van der Waals surface area contributed by atoms with Gasteiger partial charge in [0.15, 0.2) is 0 Å². The summed E-state index contributed by atoms with van der Waals surface area (Å²) in [4.78, 5) is 32.0. The van der Waals surface area contributed by atoms with Gasteiger partial charge in [-0.15, -0.1) is 0 Å². The Morgan fingerprint density at radius 2 is 1.75 bits per heavy atom. The van der Waals surface area contributed by atoms with E-state index >= 15 is 0 Å². The Morgan fingerprint density at radius 3 is 2.33 bits per heavy atom. The first kappa shape index (κ1) is 19.9. The van der Waals surface area contributed by atoms with Gasteiger partial charge in [0.25, 0.3) is 5.91 Å². The van der Waals surface area contributed by atoms with Crippen LogP contribution in [0.15, 0.2) is 18.3 Å². The number of rotatable bonds is 11. The Balaban J connectivity index is 2.09. The molecule has 0 bridgehead atoms. The zero-order valence-corrected chi connectivity index (χ0v) is 14.3. The van der Waals surface area contributed by atoms with Gasteiger partial charge in [-0.05, 0) is 18.6 Å². The van der Waals surface area contributed by atoms with Crippen molar-refractivity contribution in [3.63, 3.8) is 0 Å². The molecular formula is C17H28N4O3. The van der Waals surface area contributed by atoms with Gasteiger partial charge in [-0.3, -0.25) is 4.79 Å². The molecule has 4 N–H and O–H groups in total. The van der Waals surface area contributed by atoms with E-state index in [-0.39, 0.29) is 5.56 Å². The number of nitrogens with one attached hydrogen (secondary N) is 2. The van der Waals surface area contributed by atoms with Gasteiger partial charge in [-0.1, -0.05) is 51.9 Å². The molecule has 0 aliphatic rings. The second kappa shape index (κ2) is 12.3. The van der Waals surface area contributed by atoms with E-state index in [0.29, 0.717) is 12.2 Å². The summed E-state index contributed by atoms with van der Waals surface area (Å²) in [6, 6.07) is 3.08. The highest BCUT2D eigenvalue weighted by Gasteiger charge is 2.09. The maximum absolute atomic E-state index is 11.8. The molecule has 1 aromatic rings. The lowest BCUT2D eigenvalue weighted by Crippen LogP contribution is -2.27. The first-order chi connectivity index (χ1) is 11.7. The highest BCUT2D eigenvalue weighted by atomic mass is 16.7. The molecule has 0 fully saturated rings. The second-order valence-electron chi connectivity index (χ2n) is 5.71. The summed E-state index contributed by atoms with van der Waals surface area (Å²) in [6.45, 7) is 2.20. The van der Waals surface area contributed by atoms with Crippen LogP contribution in [0.2, 0.25) is 0 Å². The van der Waals surface area contributed by atoms with E-state index in [2.05, 4.69) is 22.8 Å². The molecule has 0 unspecified atom stereocenters. The van der Waals surface area contributed by atoms with E-state index in [1.165, 1.54) is 44.4 Å².